The van der Waals surface area contributed by atoms with Gasteiger partial charge < -0.3 is 20.6 Å². The molecule has 210 valence electrons. The predicted octanol–water partition coefficient (Wildman–Crippen LogP) is 5.91. The van der Waals surface area contributed by atoms with E-state index in [4.69, 9.17) is 5.73 Å². The molecular formula is C34H36N4O3. The van der Waals surface area contributed by atoms with Crippen LogP contribution in [0.2, 0.25) is 0 Å². The van der Waals surface area contributed by atoms with Crippen LogP contribution in [0, 0.1) is 5.92 Å². The molecule has 1 amide bonds. The van der Waals surface area contributed by atoms with Crippen molar-refractivity contribution in [3.05, 3.63) is 114 Å². The Morgan fingerprint density at radius 2 is 1.66 bits per heavy atom. The maximum Gasteiger partial charge on any atom is 0.305 e. The Labute approximate surface area is 241 Å². The maximum atomic E-state index is 13.1. The number of nitrogen functional groups attached to an aromatic ring is 1. The van der Waals surface area contributed by atoms with Crippen LogP contribution in [0.4, 0.5) is 11.4 Å². The molecule has 3 N–H and O–H groups in total. The van der Waals surface area contributed by atoms with Gasteiger partial charge in [-0.3, -0.25) is 14.6 Å². The Bertz CT molecular complexity index is 1470. The molecule has 3 aromatic carbocycles. The summed E-state index contributed by atoms with van der Waals surface area (Å²) < 4.78 is 0. The Kier molecular flexibility index (Phi) is 8.94. The molecule has 41 heavy (non-hydrogen) atoms. The highest BCUT2D eigenvalue weighted by atomic mass is 16.4. The van der Waals surface area contributed by atoms with Crippen LogP contribution < -0.4 is 10.6 Å². The zero-order valence-corrected chi connectivity index (χ0v) is 23.2. The monoisotopic (exact) mass is 548 g/mol. The summed E-state index contributed by atoms with van der Waals surface area (Å²) in [7, 11) is 0. The fraction of sp³-hybridized carbons (Fsp3) is 0.265. The summed E-state index contributed by atoms with van der Waals surface area (Å²) in [4.78, 5) is 32.4. The summed E-state index contributed by atoms with van der Waals surface area (Å²) in [6.07, 6.45) is 6.40. The Morgan fingerprint density at radius 3 is 2.37 bits per heavy atom. The van der Waals surface area contributed by atoms with Gasteiger partial charge in [0, 0.05) is 38.6 Å². The van der Waals surface area contributed by atoms with Crippen molar-refractivity contribution in [2.75, 3.05) is 30.3 Å². The van der Waals surface area contributed by atoms with Crippen molar-refractivity contribution in [3.63, 3.8) is 0 Å². The summed E-state index contributed by atoms with van der Waals surface area (Å²) in [5, 5.41) is 9.22. The first-order chi connectivity index (χ1) is 20.0. The van der Waals surface area contributed by atoms with Gasteiger partial charge in [0.2, 0.25) is 0 Å². The van der Waals surface area contributed by atoms with Crippen LogP contribution in [0.25, 0.3) is 11.1 Å². The number of nitrogens with two attached hydrogens (primary N) is 1. The van der Waals surface area contributed by atoms with Crippen molar-refractivity contribution in [3.8, 4) is 11.1 Å². The second kappa shape index (κ2) is 13.1. The van der Waals surface area contributed by atoms with Gasteiger partial charge in [-0.05, 0) is 77.8 Å². The van der Waals surface area contributed by atoms with Crippen molar-refractivity contribution in [2.45, 2.75) is 32.2 Å². The van der Waals surface area contributed by atoms with Crippen LogP contribution in [0.15, 0.2) is 97.3 Å². The van der Waals surface area contributed by atoms with E-state index in [9.17, 15) is 14.7 Å². The molecule has 0 radical (unpaired) electrons. The number of benzene rings is 3. The second-order valence-corrected chi connectivity index (χ2v) is 10.7. The number of rotatable bonds is 10. The van der Waals surface area contributed by atoms with E-state index < -0.39 is 5.97 Å². The molecule has 0 atom stereocenters. The number of aliphatic carboxylic acids is 1. The third-order valence-electron chi connectivity index (χ3n) is 7.77. The smallest absolute Gasteiger partial charge is 0.305 e. The lowest BCUT2D eigenvalue weighted by molar-refractivity contribution is -0.137. The molecule has 0 unspecified atom stereocenters. The van der Waals surface area contributed by atoms with Crippen LogP contribution in [0.1, 0.15) is 40.7 Å². The third kappa shape index (κ3) is 7.31. The zero-order valence-electron chi connectivity index (χ0n) is 23.2. The maximum absolute atomic E-state index is 13.1. The number of hydrogen-bond donors (Lipinski definition) is 2. The number of carboxylic acid groups (broad SMARTS) is 1. The molecule has 0 saturated carbocycles. The molecule has 1 aliphatic rings. The lowest BCUT2D eigenvalue weighted by Gasteiger charge is -2.34. The van der Waals surface area contributed by atoms with Gasteiger partial charge in [-0.15, -0.1) is 0 Å². The summed E-state index contributed by atoms with van der Waals surface area (Å²) >= 11 is 0. The van der Waals surface area contributed by atoms with Crippen molar-refractivity contribution in [1.29, 1.82) is 0 Å². The number of amides is 1. The quantitative estimate of drug-likeness (QED) is 0.239. The van der Waals surface area contributed by atoms with E-state index in [-0.39, 0.29) is 18.9 Å². The molecule has 1 saturated heterocycles. The number of pyridine rings is 1. The van der Waals surface area contributed by atoms with Crippen LogP contribution in [0.3, 0.4) is 0 Å². The molecule has 4 aromatic rings. The summed E-state index contributed by atoms with van der Waals surface area (Å²) in [5.74, 6) is -0.499. The molecular weight excluding hydrogens is 512 g/mol. The van der Waals surface area contributed by atoms with Gasteiger partial charge in [0.1, 0.15) is 0 Å². The number of carbonyl (C=O) groups excluding carboxylic acids is 1. The highest BCUT2D eigenvalue weighted by Crippen LogP contribution is 2.33. The highest BCUT2D eigenvalue weighted by Gasteiger charge is 2.22. The minimum absolute atomic E-state index is 0.108. The first-order valence-corrected chi connectivity index (χ1v) is 14.1. The second-order valence-electron chi connectivity index (χ2n) is 10.7. The summed E-state index contributed by atoms with van der Waals surface area (Å²) in [6, 6.07) is 28.3. The van der Waals surface area contributed by atoms with E-state index >= 15 is 0 Å². The molecule has 0 spiro atoms. The topological polar surface area (TPSA) is 99.8 Å². The van der Waals surface area contributed by atoms with Crippen LogP contribution >= 0.6 is 0 Å². The van der Waals surface area contributed by atoms with E-state index in [2.05, 4.69) is 52.3 Å². The Hall–Kier alpha value is -4.65. The molecule has 0 aliphatic carbocycles. The largest absolute Gasteiger partial charge is 0.481 e. The Morgan fingerprint density at radius 1 is 0.902 bits per heavy atom. The van der Waals surface area contributed by atoms with Gasteiger partial charge in [0.05, 0.1) is 23.4 Å². The SMILES string of the molecule is Nc1cc(-c2cccc(CN(CCC(=O)O)C(=O)c3cccnc3)c2)ccc1N1CCC(Cc2ccccc2)CC1. The lowest BCUT2D eigenvalue weighted by Crippen LogP contribution is -2.34. The molecule has 1 fully saturated rings. The van der Waals surface area contributed by atoms with Crippen LogP contribution in [0.5, 0.6) is 0 Å². The van der Waals surface area contributed by atoms with Crippen molar-refractivity contribution in [1.82, 2.24) is 9.88 Å². The van der Waals surface area contributed by atoms with Gasteiger partial charge in [-0.1, -0.05) is 54.6 Å². The molecule has 7 nitrogen and oxygen atoms in total. The van der Waals surface area contributed by atoms with Crippen LogP contribution in [-0.2, 0) is 17.8 Å². The van der Waals surface area contributed by atoms with Gasteiger partial charge in [-0.2, -0.15) is 0 Å². The zero-order chi connectivity index (χ0) is 28.6. The fourth-order valence-electron chi connectivity index (χ4n) is 5.57. The van der Waals surface area contributed by atoms with Crippen molar-refractivity contribution < 1.29 is 14.7 Å². The molecule has 1 aromatic heterocycles. The average Bonchev–Trinajstić information content (AvgIpc) is 3.00. The molecule has 0 bridgehead atoms. The van der Waals surface area contributed by atoms with Crippen LogP contribution in [-0.4, -0.2) is 46.5 Å². The average molecular weight is 549 g/mol. The first kappa shape index (κ1) is 27.9. The fourth-order valence-corrected chi connectivity index (χ4v) is 5.57. The molecule has 1 aliphatic heterocycles. The molecule has 7 heteroatoms. The predicted molar refractivity (Wildman–Crippen MR) is 163 cm³/mol. The normalized spacial score (nSPS) is 13.6. The number of piperidine rings is 1. The summed E-state index contributed by atoms with van der Waals surface area (Å²) in [6.45, 7) is 2.39. The van der Waals surface area contributed by atoms with Gasteiger partial charge in [0.15, 0.2) is 0 Å². The van der Waals surface area contributed by atoms with E-state index in [0.717, 1.165) is 60.4 Å². The Balaban J connectivity index is 1.26. The van der Waals surface area contributed by atoms with Gasteiger partial charge >= 0.3 is 5.97 Å². The number of anilines is 2. The standard InChI is InChI=1S/C34H36N4O3/c35-31-22-29(11-12-32(31)37-17-13-26(14-18-37)20-25-6-2-1-3-7-25)28-9-4-8-27(21-28)24-38(19-15-33(39)40)34(41)30-10-5-16-36-23-30/h1-12,16,21-23,26H,13-15,17-20,24,35H2,(H,39,40). The third-order valence-corrected chi connectivity index (χ3v) is 7.77. The number of carbonyl (C=O) groups is 2. The minimum Gasteiger partial charge on any atom is -0.481 e. The van der Waals surface area contributed by atoms with Gasteiger partial charge in [-0.25, -0.2) is 0 Å². The van der Waals surface area contributed by atoms with Crippen molar-refractivity contribution in [2.24, 2.45) is 5.92 Å². The minimum atomic E-state index is -0.946. The number of carboxylic acids is 1. The summed E-state index contributed by atoms with van der Waals surface area (Å²) in [5.41, 5.74) is 13.2. The number of nitrogens with zero attached hydrogens (tertiary/aromatic N) is 3. The highest BCUT2D eigenvalue weighted by molar-refractivity contribution is 5.94. The first-order valence-electron chi connectivity index (χ1n) is 14.1. The lowest BCUT2D eigenvalue weighted by atomic mass is 9.90. The van der Waals surface area contributed by atoms with Gasteiger partial charge in [0.25, 0.3) is 5.91 Å². The van der Waals surface area contributed by atoms with E-state index in [1.54, 1.807) is 23.2 Å². The van der Waals surface area contributed by atoms with E-state index in [0.29, 0.717) is 18.0 Å². The van der Waals surface area contributed by atoms with E-state index in [1.807, 2.05) is 30.3 Å². The molecule has 2 heterocycles. The molecule has 5 rings (SSSR count). The van der Waals surface area contributed by atoms with E-state index in [1.165, 1.54) is 11.8 Å². The number of hydrogen-bond acceptors (Lipinski definition) is 5. The number of aromatic nitrogens is 1. The van der Waals surface area contributed by atoms with Crippen molar-refractivity contribution >= 4 is 23.3 Å².